The van der Waals surface area contributed by atoms with Gasteiger partial charge in [-0.1, -0.05) is 29.8 Å². The summed E-state index contributed by atoms with van der Waals surface area (Å²) in [5.74, 6) is -0.118. The molecule has 0 fully saturated rings. The number of carbonyl (C=O) groups excluding carboxylic acids is 1. The van der Waals surface area contributed by atoms with Crippen LogP contribution in [0.4, 0.5) is 15.8 Å². The molecule has 0 atom stereocenters. The van der Waals surface area contributed by atoms with E-state index >= 15 is 0 Å². The predicted octanol–water partition coefficient (Wildman–Crippen LogP) is 6.18. The van der Waals surface area contributed by atoms with Crippen molar-refractivity contribution in [2.75, 3.05) is 17.2 Å². The van der Waals surface area contributed by atoms with Gasteiger partial charge in [0.1, 0.15) is 11.6 Å². The molecule has 4 nitrogen and oxygen atoms in total. The second kappa shape index (κ2) is 9.76. The van der Waals surface area contributed by atoms with Crippen LogP contribution in [-0.2, 0) is 11.3 Å². The van der Waals surface area contributed by atoms with Crippen molar-refractivity contribution in [1.29, 1.82) is 0 Å². The lowest BCUT2D eigenvalue weighted by Gasteiger charge is -2.12. The van der Waals surface area contributed by atoms with Crippen molar-refractivity contribution in [1.82, 2.24) is 0 Å². The molecule has 29 heavy (non-hydrogen) atoms. The number of amides is 1. The zero-order valence-corrected chi connectivity index (χ0v) is 18.0. The molecular weight excluding hydrogens is 459 g/mol. The third-order valence-corrected chi connectivity index (χ3v) is 4.98. The Morgan fingerprint density at radius 2 is 1.93 bits per heavy atom. The summed E-state index contributed by atoms with van der Waals surface area (Å²) in [6.07, 6.45) is 0. The minimum Gasteiger partial charge on any atom is -0.483 e. The first-order chi connectivity index (χ1) is 13.9. The van der Waals surface area contributed by atoms with E-state index in [1.807, 2.05) is 43.3 Å². The van der Waals surface area contributed by atoms with Crippen LogP contribution in [0.3, 0.4) is 0 Å². The first-order valence-corrected chi connectivity index (χ1v) is 10.0. The van der Waals surface area contributed by atoms with Crippen molar-refractivity contribution >= 4 is 44.8 Å². The van der Waals surface area contributed by atoms with Gasteiger partial charge >= 0.3 is 0 Å². The van der Waals surface area contributed by atoms with E-state index < -0.39 is 5.82 Å². The molecule has 3 aromatic carbocycles. The van der Waals surface area contributed by atoms with E-state index in [9.17, 15) is 9.18 Å². The first kappa shape index (κ1) is 21.1. The Morgan fingerprint density at radius 3 is 2.66 bits per heavy atom. The van der Waals surface area contributed by atoms with Crippen LogP contribution < -0.4 is 15.4 Å². The van der Waals surface area contributed by atoms with Gasteiger partial charge in [0.2, 0.25) is 0 Å². The van der Waals surface area contributed by atoms with Crippen LogP contribution in [0.25, 0.3) is 0 Å². The second-order valence-corrected chi connectivity index (χ2v) is 7.72. The maximum atomic E-state index is 13.2. The predicted molar refractivity (Wildman–Crippen MR) is 118 cm³/mol. The van der Waals surface area contributed by atoms with Crippen molar-refractivity contribution in [3.63, 3.8) is 0 Å². The normalized spacial score (nSPS) is 10.5. The number of ether oxygens (including phenoxy) is 1. The third-order valence-electron chi connectivity index (χ3n) is 4.07. The van der Waals surface area contributed by atoms with Crippen LogP contribution in [0.5, 0.6) is 5.75 Å². The molecule has 0 aromatic heterocycles. The summed E-state index contributed by atoms with van der Waals surface area (Å²) >= 11 is 9.25. The average Bonchev–Trinajstić information content (AvgIpc) is 2.68. The van der Waals surface area contributed by atoms with Crippen LogP contribution in [0.1, 0.15) is 11.1 Å². The molecule has 150 valence electrons. The van der Waals surface area contributed by atoms with Crippen LogP contribution in [0.15, 0.2) is 65.1 Å². The van der Waals surface area contributed by atoms with E-state index in [1.54, 1.807) is 12.1 Å². The van der Waals surface area contributed by atoms with Gasteiger partial charge < -0.3 is 15.4 Å². The zero-order valence-electron chi connectivity index (χ0n) is 15.6. The fourth-order valence-electron chi connectivity index (χ4n) is 2.64. The van der Waals surface area contributed by atoms with E-state index in [4.69, 9.17) is 16.3 Å². The summed E-state index contributed by atoms with van der Waals surface area (Å²) in [7, 11) is 0. The number of halogens is 3. The summed E-state index contributed by atoms with van der Waals surface area (Å²) < 4.78 is 19.6. The molecule has 0 bridgehead atoms. The van der Waals surface area contributed by atoms with E-state index in [-0.39, 0.29) is 17.5 Å². The highest BCUT2D eigenvalue weighted by Crippen LogP contribution is 2.27. The highest BCUT2D eigenvalue weighted by molar-refractivity contribution is 9.10. The van der Waals surface area contributed by atoms with Gasteiger partial charge in [0.05, 0.1) is 9.50 Å². The number of rotatable bonds is 7. The molecule has 0 saturated heterocycles. The lowest BCUT2D eigenvalue weighted by atomic mass is 10.2. The molecule has 3 aromatic rings. The third kappa shape index (κ3) is 6.21. The first-order valence-electron chi connectivity index (χ1n) is 8.87. The molecule has 2 N–H and O–H groups in total. The maximum Gasteiger partial charge on any atom is 0.262 e. The van der Waals surface area contributed by atoms with Crippen LogP contribution in [0, 0.1) is 12.7 Å². The molecule has 7 heteroatoms. The van der Waals surface area contributed by atoms with E-state index in [1.165, 1.54) is 12.1 Å². The van der Waals surface area contributed by atoms with Gasteiger partial charge in [-0.05, 0) is 76.4 Å². The van der Waals surface area contributed by atoms with E-state index in [0.717, 1.165) is 27.0 Å². The molecule has 3 rings (SSSR count). The van der Waals surface area contributed by atoms with Crippen molar-refractivity contribution in [2.24, 2.45) is 0 Å². The van der Waals surface area contributed by atoms with Crippen molar-refractivity contribution in [3.05, 3.63) is 87.1 Å². The van der Waals surface area contributed by atoms with Crippen LogP contribution >= 0.6 is 27.5 Å². The van der Waals surface area contributed by atoms with Gasteiger partial charge in [-0.2, -0.15) is 0 Å². The summed E-state index contributed by atoms with van der Waals surface area (Å²) in [5, 5.41) is 6.06. The number of aryl methyl sites for hydroxylation is 1. The Kier molecular flexibility index (Phi) is 7.12. The van der Waals surface area contributed by atoms with Gasteiger partial charge in [0.15, 0.2) is 6.61 Å². The summed E-state index contributed by atoms with van der Waals surface area (Å²) in [6, 6.07) is 17.6. The van der Waals surface area contributed by atoms with Gasteiger partial charge in [0.25, 0.3) is 5.91 Å². The number of anilines is 2. The minimum atomic E-state index is -0.451. The SMILES string of the molecule is Cc1cccc(NC(=O)COc2ccc(CNc3ccc(F)c(Cl)c3)cc2Br)c1. The standard InChI is InChI=1S/C22H19BrClFN2O2/c1-14-3-2-4-17(9-14)27-22(28)13-29-21-8-5-15(10-18(21)23)12-26-16-6-7-20(25)19(24)11-16/h2-11,26H,12-13H2,1H3,(H,27,28). The van der Waals surface area contributed by atoms with Crippen molar-refractivity contribution in [2.45, 2.75) is 13.5 Å². The highest BCUT2D eigenvalue weighted by Gasteiger charge is 2.08. The quantitative estimate of drug-likeness (QED) is 0.427. The molecule has 0 aliphatic heterocycles. The maximum absolute atomic E-state index is 13.2. The molecule has 0 unspecified atom stereocenters. The molecular formula is C22H19BrClFN2O2. The fourth-order valence-corrected chi connectivity index (χ4v) is 3.37. The van der Waals surface area contributed by atoms with Gasteiger partial charge in [-0.3, -0.25) is 4.79 Å². The Morgan fingerprint density at radius 1 is 1.10 bits per heavy atom. The monoisotopic (exact) mass is 476 g/mol. The second-order valence-electron chi connectivity index (χ2n) is 6.45. The number of carbonyl (C=O) groups is 1. The molecule has 1 amide bonds. The summed E-state index contributed by atoms with van der Waals surface area (Å²) in [5.41, 5.74) is 3.51. The topological polar surface area (TPSA) is 50.4 Å². The highest BCUT2D eigenvalue weighted by atomic mass is 79.9. The molecule has 0 saturated carbocycles. The molecule has 0 spiro atoms. The fraction of sp³-hybridized carbons (Fsp3) is 0.136. The van der Waals surface area contributed by atoms with Gasteiger partial charge in [-0.15, -0.1) is 0 Å². The number of benzene rings is 3. The Balaban J connectivity index is 1.53. The van der Waals surface area contributed by atoms with Gasteiger partial charge in [-0.25, -0.2) is 4.39 Å². The largest absolute Gasteiger partial charge is 0.483 e. The molecule has 0 aliphatic carbocycles. The van der Waals surface area contributed by atoms with Crippen molar-refractivity contribution in [3.8, 4) is 5.75 Å². The van der Waals surface area contributed by atoms with Crippen LogP contribution in [-0.4, -0.2) is 12.5 Å². The molecule has 0 heterocycles. The Labute approximate surface area is 182 Å². The van der Waals surface area contributed by atoms with Crippen molar-refractivity contribution < 1.29 is 13.9 Å². The van der Waals surface area contributed by atoms with Crippen LogP contribution in [0.2, 0.25) is 5.02 Å². The smallest absolute Gasteiger partial charge is 0.262 e. The van der Waals surface area contributed by atoms with Gasteiger partial charge in [0, 0.05) is 17.9 Å². The number of hydrogen-bond donors (Lipinski definition) is 2. The average molecular weight is 478 g/mol. The Bertz CT molecular complexity index is 1030. The summed E-state index contributed by atoms with van der Waals surface area (Å²) in [6.45, 7) is 2.39. The van der Waals surface area contributed by atoms with E-state index in [0.29, 0.717) is 12.3 Å². The number of hydrogen-bond acceptors (Lipinski definition) is 3. The Hall–Kier alpha value is -2.57. The lowest BCUT2D eigenvalue weighted by Crippen LogP contribution is -2.20. The lowest BCUT2D eigenvalue weighted by molar-refractivity contribution is -0.118. The number of nitrogens with one attached hydrogen (secondary N) is 2. The molecule has 0 radical (unpaired) electrons. The minimum absolute atomic E-state index is 0.0730. The zero-order chi connectivity index (χ0) is 20.8. The summed E-state index contributed by atoms with van der Waals surface area (Å²) in [4.78, 5) is 12.1. The molecule has 0 aliphatic rings. The van der Waals surface area contributed by atoms with E-state index in [2.05, 4.69) is 26.6 Å².